The fourth-order valence-electron chi connectivity index (χ4n) is 3.82. The minimum atomic E-state index is -0.950. The topological polar surface area (TPSA) is 103 Å². The SMILES string of the molecule is CCOCCCNC(=O)[C@@H](c1ccc(Cl)cc1)N(Cc1ccc2c(c1)OCO2)C(=O)c1cnccn1. The first-order chi connectivity index (χ1) is 17.6. The minimum Gasteiger partial charge on any atom is -0.454 e. The van der Waals surface area contributed by atoms with Crippen LogP contribution in [0.2, 0.25) is 5.02 Å². The number of nitrogens with one attached hydrogen (secondary N) is 1. The number of ether oxygens (including phenoxy) is 3. The second-order valence-corrected chi connectivity index (χ2v) is 8.44. The summed E-state index contributed by atoms with van der Waals surface area (Å²) >= 11 is 6.11. The van der Waals surface area contributed by atoms with Gasteiger partial charge in [-0.05, 0) is 48.7 Å². The van der Waals surface area contributed by atoms with Crippen molar-refractivity contribution in [2.75, 3.05) is 26.6 Å². The van der Waals surface area contributed by atoms with Gasteiger partial charge in [0.05, 0.1) is 6.20 Å². The summed E-state index contributed by atoms with van der Waals surface area (Å²) in [7, 11) is 0. The molecule has 2 amide bonds. The molecule has 0 unspecified atom stereocenters. The lowest BCUT2D eigenvalue weighted by Crippen LogP contribution is -2.44. The fraction of sp³-hybridized carbons (Fsp3) is 0.308. The van der Waals surface area contributed by atoms with Crippen LogP contribution in [-0.4, -0.2) is 53.2 Å². The number of halogens is 1. The van der Waals surface area contributed by atoms with Crippen molar-refractivity contribution in [1.82, 2.24) is 20.2 Å². The van der Waals surface area contributed by atoms with Crippen LogP contribution in [0.1, 0.15) is 41.0 Å². The van der Waals surface area contributed by atoms with Crippen molar-refractivity contribution in [3.63, 3.8) is 0 Å². The van der Waals surface area contributed by atoms with Crippen LogP contribution in [0.15, 0.2) is 61.1 Å². The lowest BCUT2D eigenvalue weighted by atomic mass is 10.0. The minimum absolute atomic E-state index is 0.117. The highest BCUT2D eigenvalue weighted by molar-refractivity contribution is 6.30. The van der Waals surface area contributed by atoms with Gasteiger partial charge in [0.2, 0.25) is 12.7 Å². The van der Waals surface area contributed by atoms with E-state index >= 15 is 0 Å². The molecule has 4 rings (SSSR count). The second-order valence-electron chi connectivity index (χ2n) is 8.01. The van der Waals surface area contributed by atoms with E-state index in [0.717, 1.165) is 5.56 Å². The normalized spacial score (nSPS) is 12.7. The van der Waals surface area contributed by atoms with Gasteiger partial charge in [-0.1, -0.05) is 29.8 Å². The van der Waals surface area contributed by atoms with Gasteiger partial charge < -0.3 is 24.4 Å². The molecule has 1 aliphatic rings. The Balaban J connectivity index is 1.68. The first-order valence-electron chi connectivity index (χ1n) is 11.6. The lowest BCUT2D eigenvalue weighted by Gasteiger charge is -2.31. The molecule has 36 heavy (non-hydrogen) atoms. The largest absolute Gasteiger partial charge is 0.454 e. The molecule has 1 aliphatic heterocycles. The van der Waals surface area contributed by atoms with Crippen LogP contribution in [0, 0.1) is 0 Å². The summed E-state index contributed by atoms with van der Waals surface area (Å²) in [5.41, 5.74) is 1.50. The maximum atomic E-state index is 13.7. The van der Waals surface area contributed by atoms with Crippen LogP contribution in [0.3, 0.4) is 0 Å². The predicted octanol–water partition coefficient (Wildman–Crippen LogP) is 3.79. The summed E-state index contributed by atoms with van der Waals surface area (Å²) in [5.74, 6) is 0.451. The molecule has 3 aromatic rings. The standard InChI is InChI=1S/C26H27ClN4O5/c1-2-34-13-3-10-30-25(32)24(19-5-7-20(27)8-6-19)31(26(33)21-15-28-11-12-29-21)16-18-4-9-22-23(14-18)36-17-35-22/h4-9,11-12,14-15,24H,2-3,10,13,16-17H2,1H3,(H,30,32)/t24-/m1/s1. The Morgan fingerprint density at radius 1 is 1.14 bits per heavy atom. The number of fused-ring (bicyclic) bond motifs is 1. The molecule has 2 heterocycles. The summed E-state index contributed by atoms with van der Waals surface area (Å²) < 4.78 is 16.3. The molecule has 0 radical (unpaired) electrons. The number of aromatic nitrogens is 2. The molecule has 0 saturated heterocycles. The molecule has 9 nitrogen and oxygen atoms in total. The fourth-order valence-corrected chi connectivity index (χ4v) is 3.94. The Labute approximate surface area is 214 Å². The predicted molar refractivity (Wildman–Crippen MR) is 133 cm³/mol. The number of amides is 2. The Morgan fingerprint density at radius 2 is 1.94 bits per heavy atom. The maximum Gasteiger partial charge on any atom is 0.275 e. The zero-order valence-electron chi connectivity index (χ0n) is 19.9. The molecule has 1 aromatic heterocycles. The highest BCUT2D eigenvalue weighted by Crippen LogP contribution is 2.34. The van der Waals surface area contributed by atoms with Gasteiger partial charge in [-0.2, -0.15) is 0 Å². The average molecular weight is 511 g/mol. The van der Waals surface area contributed by atoms with Crippen molar-refractivity contribution in [3.05, 3.63) is 82.9 Å². The van der Waals surface area contributed by atoms with Gasteiger partial charge in [0.1, 0.15) is 11.7 Å². The highest BCUT2D eigenvalue weighted by Gasteiger charge is 2.33. The van der Waals surface area contributed by atoms with Gasteiger partial charge in [0.25, 0.3) is 5.91 Å². The smallest absolute Gasteiger partial charge is 0.275 e. The third-order valence-corrected chi connectivity index (χ3v) is 5.80. The molecule has 0 bridgehead atoms. The highest BCUT2D eigenvalue weighted by atomic mass is 35.5. The number of hydrogen-bond donors (Lipinski definition) is 1. The molecule has 0 saturated carbocycles. The van der Waals surface area contributed by atoms with E-state index in [0.29, 0.717) is 48.3 Å². The van der Waals surface area contributed by atoms with Crippen molar-refractivity contribution < 1.29 is 23.8 Å². The molecule has 0 spiro atoms. The molecule has 10 heteroatoms. The first kappa shape index (κ1) is 25.4. The van der Waals surface area contributed by atoms with Crippen LogP contribution in [0.4, 0.5) is 0 Å². The van der Waals surface area contributed by atoms with Gasteiger partial charge >= 0.3 is 0 Å². The summed E-state index contributed by atoms with van der Waals surface area (Å²) in [4.78, 5) is 37.0. The second kappa shape index (κ2) is 12.3. The molecule has 1 N–H and O–H groups in total. The molecule has 0 fully saturated rings. The van der Waals surface area contributed by atoms with Crippen molar-refractivity contribution in [2.45, 2.75) is 25.9 Å². The molecule has 2 aromatic carbocycles. The monoisotopic (exact) mass is 510 g/mol. The number of nitrogens with zero attached hydrogens (tertiary/aromatic N) is 3. The van der Waals surface area contributed by atoms with Crippen molar-refractivity contribution in [3.8, 4) is 11.5 Å². The van der Waals surface area contributed by atoms with E-state index < -0.39 is 11.9 Å². The summed E-state index contributed by atoms with van der Waals surface area (Å²) in [5, 5.41) is 3.47. The van der Waals surface area contributed by atoms with E-state index in [2.05, 4.69) is 15.3 Å². The molecular formula is C26H27ClN4O5. The number of benzene rings is 2. The van der Waals surface area contributed by atoms with Crippen LogP contribution in [0.25, 0.3) is 0 Å². The molecule has 188 valence electrons. The van der Waals surface area contributed by atoms with Gasteiger partial charge in [-0.3, -0.25) is 14.6 Å². The van der Waals surface area contributed by atoms with E-state index in [9.17, 15) is 9.59 Å². The summed E-state index contributed by atoms with van der Waals surface area (Å²) in [6, 6.07) is 11.3. The first-order valence-corrected chi connectivity index (χ1v) is 12.0. The Morgan fingerprint density at radius 3 is 2.69 bits per heavy atom. The van der Waals surface area contributed by atoms with Crippen molar-refractivity contribution in [2.24, 2.45) is 0 Å². The van der Waals surface area contributed by atoms with Crippen molar-refractivity contribution >= 4 is 23.4 Å². The summed E-state index contributed by atoms with van der Waals surface area (Å²) in [6.45, 7) is 3.71. The Bertz CT molecular complexity index is 1180. The van der Waals surface area contributed by atoms with E-state index in [1.807, 2.05) is 13.0 Å². The van der Waals surface area contributed by atoms with E-state index in [4.69, 9.17) is 25.8 Å². The van der Waals surface area contributed by atoms with E-state index in [1.165, 1.54) is 23.5 Å². The number of carbonyl (C=O) groups is 2. The third kappa shape index (κ3) is 6.30. The van der Waals surface area contributed by atoms with Gasteiger partial charge in [-0.15, -0.1) is 0 Å². The van der Waals surface area contributed by atoms with Gasteiger partial charge in [-0.25, -0.2) is 4.98 Å². The van der Waals surface area contributed by atoms with Gasteiger partial charge in [0.15, 0.2) is 11.5 Å². The maximum absolute atomic E-state index is 13.7. The Hall–Kier alpha value is -3.69. The lowest BCUT2D eigenvalue weighted by molar-refractivity contribution is -0.126. The van der Waals surface area contributed by atoms with Crippen LogP contribution < -0.4 is 14.8 Å². The quantitative estimate of drug-likeness (QED) is 0.391. The van der Waals surface area contributed by atoms with E-state index in [-0.39, 0.29) is 24.9 Å². The number of rotatable bonds is 11. The van der Waals surface area contributed by atoms with Crippen LogP contribution in [-0.2, 0) is 16.1 Å². The number of hydrogen-bond acceptors (Lipinski definition) is 7. The van der Waals surface area contributed by atoms with Crippen molar-refractivity contribution in [1.29, 1.82) is 0 Å². The van der Waals surface area contributed by atoms with E-state index in [1.54, 1.807) is 36.4 Å². The van der Waals surface area contributed by atoms with Crippen LogP contribution >= 0.6 is 11.6 Å². The Kier molecular flexibility index (Phi) is 8.70. The zero-order chi connectivity index (χ0) is 25.3. The van der Waals surface area contributed by atoms with Gasteiger partial charge in [0, 0.05) is 43.7 Å². The zero-order valence-corrected chi connectivity index (χ0v) is 20.6. The summed E-state index contributed by atoms with van der Waals surface area (Å²) in [6.07, 6.45) is 4.96. The average Bonchev–Trinajstić information content (AvgIpc) is 3.37. The number of carbonyl (C=O) groups excluding carboxylic acids is 2. The van der Waals surface area contributed by atoms with Crippen LogP contribution in [0.5, 0.6) is 11.5 Å². The molecule has 1 atom stereocenters. The molecular weight excluding hydrogens is 484 g/mol. The molecule has 0 aliphatic carbocycles. The third-order valence-electron chi connectivity index (χ3n) is 5.55.